The number of hydrogen-bond donors (Lipinski definition) is 2. The summed E-state index contributed by atoms with van der Waals surface area (Å²) in [6, 6.07) is 27.4. The number of hydrogen-bond acceptors (Lipinski definition) is 4. The molecule has 32 heavy (non-hydrogen) atoms. The molecule has 1 unspecified atom stereocenters. The lowest BCUT2D eigenvalue weighted by molar-refractivity contribution is 0.201. The van der Waals surface area contributed by atoms with Gasteiger partial charge in [0.05, 0.1) is 13.2 Å². The van der Waals surface area contributed by atoms with Gasteiger partial charge in [-0.15, -0.1) is 0 Å². The first-order valence-corrected chi connectivity index (χ1v) is 10.9. The molecule has 4 aromatic carbocycles. The smallest absolute Gasteiger partial charge is 0.120 e. The Kier molecular flexibility index (Phi) is 5.33. The van der Waals surface area contributed by atoms with Gasteiger partial charge in [0.15, 0.2) is 0 Å². The van der Waals surface area contributed by atoms with E-state index in [2.05, 4.69) is 67.6 Å². The van der Waals surface area contributed by atoms with Crippen LogP contribution >= 0.6 is 0 Å². The molecule has 4 aromatic rings. The predicted octanol–water partition coefficient (Wildman–Crippen LogP) is 4.92. The Morgan fingerprint density at radius 2 is 1.28 bits per heavy atom. The Morgan fingerprint density at radius 1 is 0.656 bits per heavy atom. The molecular formula is C28H26O4. The summed E-state index contributed by atoms with van der Waals surface area (Å²) in [4.78, 5) is 0. The molecule has 0 bridgehead atoms. The maximum atomic E-state index is 9.11. The standard InChI is InChI=1S/C28H26O4/c1-28(21-8-6-20-17-22(31-14-12-29)9-7-19(20)16-21)26-5-3-2-4-24(26)25-18-23(32-15-13-30)10-11-27(25)28/h2-11,16-18,29-30H,12-15H2,1H3. The van der Waals surface area contributed by atoms with Crippen molar-refractivity contribution in [1.29, 1.82) is 0 Å². The molecule has 0 aromatic heterocycles. The summed E-state index contributed by atoms with van der Waals surface area (Å²) in [5.41, 5.74) is 5.85. The average molecular weight is 427 g/mol. The van der Waals surface area contributed by atoms with Crippen LogP contribution < -0.4 is 9.47 Å². The molecule has 0 saturated carbocycles. The molecule has 0 spiro atoms. The number of rotatable bonds is 7. The van der Waals surface area contributed by atoms with Gasteiger partial charge in [-0.3, -0.25) is 0 Å². The monoisotopic (exact) mass is 426 g/mol. The van der Waals surface area contributed by atoms with E-state index in [1.54, 1.807) is 0 Å². The highest BCUT2D eigenvalue weighted by Crippen LogP contribution is 2.53. The number of fused-ring (bicyclic) bond motifs is 4. The van der Waals surface area contributed by atoms with Crippen LogP contribution in [0.3, 0.4) is 0 Å². The van der Waals surface area contributed by atoms with Crippen LogP contribution in [0, 0.1) is 0 Å². The van der Waals surface area contributed by atoms with Crippen molar-refractivity contribution < 1.29 is 19.7 Å². The van der Waals surface area contributed by atoms with Crippen molar-refractivity contribution in [2.45, 2.75) is 12.3 Å². The fourth-order valence-electron chi connectivity index (χ4n) is 4.83. The third kappa shape index (κ3) is 3.32. The fourth-order valence-corrected chi connectivity index (χ4v) is 4.83. The van der Waals surface area contributed by atoms with E-state index in [9.17, 15) is 0 Å². The molecule has 1 aliphatic rings. The fraction of sp³-hybridized carbons (Fsp3) is 0.214. The minimum Gasteiger partial charge on any atom is -0.491 e. The number of benzene rings is 4. The van der Waals surface area contributed by atoms with Gasteiger partial charge in [0.2, 0.25) is 0 Å². The Hall–Kier alpha value is -3.34. The molecule has 0 aliphatic heterocycles. The second-order valence-corrected chi connectivity index (χ2v) is 8.25. The van der Waals surface area contributed by atoms with Crippen LogP contribution in [0.4, 0.5) is 0 Å². The van der Waals surface area contributed by atoms with E-state index in [0.717, 1.165) is 22.3 Å². The summed E-state index contributed by atoms with van der Waals surface area (Å²) in [6.07, 6.45) is 0. The highest BCUT2D eigenvalue weighted by molar-refractivity contribution is 5.88. The van der Waals surface area contributed by atoms with E-state index in [1.165, 1.54) is 27.8 Å². The second-order valence-electron chi connectivity index (χ2n) is 8.25. The van der Waals surface area contributed by atoms with Crippen molar-refractivity contribution in [2.24, 2.45) is 0 Å². The maximum Gasteiger partial charge on any atom is 0.120 e. The maximum absolute atomic E-state index is 9.11. The molecule has 4 heteroatoms. The SMILES string of the molecule is CC1(c2ccc3cc(OCCO)ccc3c2)c2ccccc2-c2cc(OCCO)ccc21. The Morgan fingerprint density at radius 3 is 2.06 bits per heavy atom. The quantitative estimate of drug-likeness (QED) is 0.441. The molecule has 0 amide bonds. The Bertz CT molecular complexity index is 1280. The average Bonchev–Trinajstić information content (AvgIpc) is 3.10. The molecule has 4 nitrogen and oxygen atoms in total. The second kappa shape index (κ2) is 8.30. The minimum atomic E-state index is -0.290. The zero-order valence-corrected chi connectivity index (χ0v) is 18.0. The molecule has 2 N–H and O–H groups in total. The molecule has 1 atom stereocenters. The summed E-state index contributed by atoms with van der Waals surface area (Å²) < 4.78 is 11.3. The van der Waals surface area contributed by atoms with Gasteiger partial charge in [-0.1, -0.05) is 48.5 Å². The van der Waals surface area contributed by atoms with Crippen molar-refractivity contribution in [1.82, 2.24) is 0 Å². The Labute approximate surface area is 187 Å². The van der Waals surface area contributed by atoms with E-state index >= 15 is 0 Å². The lowest BCUT2D eigenvalue weighted by Crippen LogP contribution is -2.22. The molecule has 0 heterocycles. The van der Waals surface area contributed by atoms with E-state index < -0.39 is 0 Å². The summed E-state index contributed by atoms with van der Waals surface area (Å²) >= 11 is 0. The molecular weight excluding hydrogens is 400 g/mol. The highest BCUT2D eigenvalue weighted by atomic mass is 16.5. The van der Waals surface area contributed by atoms with Crippen LogP contribution in [0.5, 0.6) is 11.5 Å². The van der Waals surface area contributed by atoms with Crippen LogP contribution in [0.2, 0.25) is 0 Å². The van der Waals surface area contributed by atoms with Gasteiger partial charge in [0.1, 0.15) is 24.7 Å². The largest absolute Gasteiger partial charge is 0.491 e. The van der Waals surface area contributed by atoms with Crippen molar-refractivity contribution in [3.63, 3.8) is 0 Å². The number of aliphatic hydroxyl groups excluding tert-OH is 2. The zero-order chi connectivity index (χ0) is 22.1. The topological polar surface area (TPSA) is 58.9 Å². The van der Waals surface area contributed by atoms with Gasteiger partial charge >= 0.3 is 0 Å². The van der Waals surface area contributed by atoms with Crippen LogP contribution in [0.25, 0.3) is 21.9 Å². The van der Waals surface area contributed by atoms with Gasteiger partial charge in [-0.2, -0.15) is 0 Å². The number of aliphatic hydroxyl groups is 2. The molecule has 0 fully saturated rings. The third-order valence-electron chi connectivity index (χ3n) is 6.39. The first-order valence-electron chi connectivity index (χ1n) is 10.9. The van der Waals surface area contributed by atoms with Gasteiger partial charge in [-0.25, -0.2) is 0 Å². The normalized spacial score (nSPS) is 16.6. The van der Waals surface area contributed by atoms with Gasteiger partial charge in [0.25, 0.3) is 0 Å². The molecule has 0 saturated heterocycles. The lowest BCUT2D eigenvalue weighted by Gasteiger charge is -2.28. The summed E-state index contributed by atoms with van der Waals surface area (Å²) in [5.74, 6) is 1.53. The van der Waals surface area contributed by atoms with Crippen LogP contribution in [0.15, 0.2) is 78.9 Å². The van der Waals surface area contributed by atoms with Crippen LogP contribution in [-0.4, -0.2) is 36.6 Å². The Balaban J connectivity index is 1.62. The van der Waals surface area contributed by atoms with Gasteiger partial charge in [-0.05, 0) is 75.8 Å². The number of ether oxygens (including phenoxy) is 2. The first kappa shape index (κ1) is 20.6. The van der Waals surface area contributed by atoms with Gasteiger partial charge < -0.3 is 19.7 Å². The molecule has 1 aliphatic carbocycles. The van der Waals surface area contributed by atoms with E-state index in [1.807, 2.05) is 18.2 Å². The van der Waals surface area contributed by atoms with E-state index in [0.29, 0.717) is 6.61 Å². The van der Waals surface area contributed by atoms with Crippen molar-refractivity contribution in [2.75, 3.05) is 26.4 Å². The first-order chi connectivity index (χ1) is 15.6. The lowest BCUT2D eigenvalue weighted by atomic mass is 9.74. The summed E-state index contributed by atoms with van der Waals surface area (Å²) in [6.45, 7) is 2.85. The minimum absolute atomic E-state index is 0.000895. The van der Waals surface area contributed by atoms with Crippen LogP contribution in [0.1, 0.15) is 23.6 Å². The van der Waals surface area contributed by atoms with Crippen molar-refractivity contribution in [3.05, 3.63) is 95.6 Å². The van der Waals surface area contributed by atoms with Crippen molar-refractivity contribution >= 4 is 10.8 Å². The highest BCUT2D eigenvalue weighted by Gasteiger charge is 2.40. The predicted molar refractivity (Wildman–Crippen MR) is 127 cm³/mol. The third-order valence-corrected chi connectivity index (χ3v) is 6.39. The van der Waals surface area contributed by atoms with Crippen LogP contribution in [-0.2, 0) is 5.41 Å². The van der Waals surface area contributed by atoms with Gasteiger partial charge in [0, 0.05) is 5.41 Å². The molecule has 162 valence electrons. The van der Waals surface area contributed by atoms with Crippen molar-refractivity contribution in [3.8, 4) is 22.6 Å². The summed E-state index contributed by atoms with van der Waals surface area (Å²) in [7, 11) is 0. The summed E-state index contributed by atoms with van der Waals surface area (Å²) in [5, 5.41) is 20.4. The van der Waals surface area contributed by atoms with E-state index in [4.69, 9.17) is 19.7 Å². The van der Waals surface area contributed by atoms with E-state index in [-0.39, 0.29) is 25.2 Å². The zero-order valence-electron chi connectivity index (χ0n) is 18.0. The molecule has 5 rings (SSSR count). The molecule has 0 radical (unpaired) electrons.